The predicted octanol–water partition coefficient (Wildman–Crippen LogP) is 2.49. The molecule has 2 heteroatoms. The first-order valence-electron chi connectivity index (χ1n) is 4.91. The van der Waals surface area contributed by atoms with Crippen molar-refractivity contribution < 1.29 is 10.2 Å². The summed E-state index contributed by atoms with van der Waals surface area (Å²) in [6.07, 6.45) is 0.773. The summed E-state index contributed by atoms with van der Waals surface area (Å²) >= 11 is 0. The number of aliphatic hydroxyl groups is 1. The molecule has 0 aliphatic heterocycles. The van der Waals surface area contributed by atoms with Gasteiger partial charge in [0.25, 0.3) is 0 Å². The van der Waals surface area contributed by atoms with Gasteiger partial charge in [-0.2, -0.15) is 0 Å². The second-order valence-corrected chi connectivity index (χ2v) is 4.21. The number of rotatable bonds is 2. The zero-order chi connectivity index (χ0) is 10.9. The van der Waals surface area contributed by atoms with Crippen LogP contribution in [0.25, 0.3) is 0 Å². The number of hydrogen-bond donors (Lipinski definition) is 2. The van der Waals surface area contributed by atoms with Gasteiger partial charge < -0.3 is 10.2 Å². The van der Waals surface area contributed by atoms with E-state index in [1.54, 1.807) is 19.9 Å². The van der Waals surface area contributed by atoms with Crippen LogP contribution < -0.4 is 0 Å². The summed E-state index contributed by atoms with van der Waals surface area (Å²) in [5, 5.41) is 19.5. The Kier molecular flexibility index (Phi) is 2.86. The van der Waals surface area contributed by atoms with E-state index in [0.717, 1.165) is 23.1 Å². The minimum atomic E-state index is -0.846. The third-order valence-electron chi connectivity index (χ3n) is 2.47. The molecule has 0 bridgehead atoms. The maximum atomic E-state index is 9.90. The molecule has 0 atom stereocenters. The molecule has 2 nitrogen and oxygen atoms in total. The lowest BCUT2D eigenvalue weighted by Gasteiger charge is -2.21. The highest BCUT2D eigenvalue weighted by atomic mass is 16.3. The minimum Gasteiger partial charge on any atom is -0.508 e. The molecule has 1 aromatic carbocycles. The molecule has 0 aromatic heterocycles. The van der Waals surface area contributed by atoms with E-state index < -0.39 is 5.60 Å². The molecule has 14 heavy (non-hydrogen) atoms. The molecule has 78 valence electrons. The lowest BCUT2D eigenvalue weighted by Crippen LogP contribution is -2.17. The number of benzene rings is 1. The van der Waals surface area contributed by atoms with Crippen LogP contribution >= 0.6 is 0 Å². The van der Waals surface area contributed by atoms with Crippen LogP contribution in [-0.4, -0.2) is 10.2 Å². The standard InChI is InChI=1S/C12H18O2/c1-5-9-7-10(12(3,4)14)8(2)6-11(9)13/h6-7,13-14H,5H2,1-4H3. The van der Waals surface area contributed by atoms with Crippen molar-refractivity contribution in [2.75, 3.05) is 0 Å². The first kappa shape index (κ1) is 11.1. The Morgan fingerprint density at radius 3 is 2.29 bits per heavy atom. The van der Waals surface area contributed by atoms with Crippen LogP contribution in [0.4, 0.5) is 0 Å². The van der Waals surface area contributed by atoms with Gasteiger partial charge in [0.2, 0.25) is 0 Å². The van der Waals surface area contributed by atoms with Gasteiger partial charge in [0.05, 0.1) is 5.60 Å². The fourth-order valence-corrected chi connectivity index (χ4v) is 1.68. The Labute approximate surface area is 85.2 Å². The summed E-state index contributed by atoms with van der Waals surface area (Å²) in [7, 11) is 0. The van der Waals surface area contributed by atoms with Gasteiger partial charge in [-0.1, -0.05) is 6.92 Å². The zero-order valence-electron chi connectivity index (χ0n) is 9.26. The highest BCUT2D eigenvalue weighted by Crippen LogP contribution is 2.29. The lowest BCUT2D eigenvalue weighted by molar-refractivity contribution is 0.0778. The number of aromatic hydroxyl groups is 1. The first-order chi connectivity index (χ1) is 6.36. The smallest absolute Gasteiger partial charge is 0.119 e. The summed E-state index contributed by atoms with van der Waals surface area (Å²) in [6.45, 7) is 7.39. The molecule has 2 N–H and O–H groups in total. The Hall–Kier alpha value is -1.02. The summed E-state index contributed by atoms with van der Waals surface area (Å²) in [4.78, 5) is 0. The molecule has 0 aliphatic carbocycles. The topological polar surface area (TPSA) is 40.5 Å². The van der Waals surface area contributed by atoms with Crippen molar-refractivity contribution in [3.63, 3.8) is 0 Å². The van der Waals surface area contributed by atoms with E-state index >= 15 is 0 Å². The molecular formula is C12H18O2. The van der Waals surface area contributed by atoms with E-state index in [1.165, 1.54) is 0 Å². The van der Waals surface area contributed by atoms with E-state index in [9.17, 15) is 10.2 Å². The van der Waals surface area contributed by atoms with Crippen LogP contribution in [0.2, 0.25) is 0 Å². The molecular weight excluding hydrogens is 176 g/mol. The van der Waals surface area contributed by atoms with Gasteiger partial charge in [-0.05, 0) is 56.0 Å². The van der Waals surface area contributed by atoms with E-state index in [-0.39, 0.29) is 0 Å². The van der Waals surface area contributed by atoms with Crippen molar-refractivity contribution in [1.82, 2.24) is 0 Å². The first-order valence-corrected chi connectivity index (χ1v) is 4.91. The fraction of sp³-hybridized carbons (Fsp3) is 0.500. The summed E-state index contributed by atoms with van der Waals surface area (Å²) < 4.78 is 0. The van der Waals surface area contributed by atoms with Gasteiger partial charge in [0.1, 0.15) is 5.75 Å². The largest absolute Gasteiger partial charge is 0.508 e. The van der Waals surface area contributed by atoms with E-state index in [2.05, 4.69) is 0 Å². The van der Waals surface area contributed by atoms with Crippen molar-refractivity contribution in [1.29, 1.82) is 0 Å². The molecule has 0 radical (unpaired) electrons. The van der Waals surface area contributed by atoms with Gasteiger partial charge in [0.15, 0.2) is 0 Å². The van der Waals surface area contributed by atoms with Crippen molar-refractivity contribution in [2.24, 2.45) is 0 Å². The van der Waals surface area contributed by atoms with Crippen LogP contribution in [0.1, 0.15) is 37.5 Å². The molecule has 0 saturated carbocycles. The summed E-state index contributed by atoms with van der Waals surface area (Å²) in [6, 6.07) is 3.59. The summed E-state index contributed by atoms with van der Waals surface area (Å²) in [5.41, 5.74) is 1.84. The van der Waals surface area contributed by atoms with Crippen LogP contribution in [0.3, 0.4) is 0 Å². The average molecular weight is 194 g/mol. The Morgan fingerprint density at radius 1 is 1.29 bits per heavy atom. The third-order valence-corrected chi connectivity index (χ3v) is 2.47. The Morgan fingerprint density at radius 2 is 1.86 bits per heavy atom. The molecule has 1 rings (SSSR count). The number of hydrogen-bond acceptors (Lipinski definition) is 2. The molecule has 0 aliphatic rings. The van der Waals surface area contributed by atoms with E-state index in [0.29, 0.717) is 5.75 Å². The van der Waals surface area contributed by atoms with Crippen LogP contribution in [0, 0.1) is 6.92 Å². The van der Waals surface area contributed by atoms with Gasteiger partial charge in [-0.15, -0.1) is 0 Å². The average Bonchev–Trinajstić information content (AvgIpc) is 2.02. The van der Waals surface area contributed by atoms with Crippen LogP contribution in [0.5, 0.6) is 5.75 Å². The monoisotopic (exact) mass is 194 g/mol. The zero-order valence-corrected chi connectivity index (χ0v) is 9.26. The number of aryl methyl sites for hydroxylation is 2. The number of phenols is 1. The third kappa shape index (κ3) is 2.07. The van der Waals surface area contributed by atoms with Crippen LogP contribution in [0.15, 0.2) is 12.1 Å². The Balaban J connectivity index is 3.32. The maximum absolute atomic E-state index is 9.90. The maximum Gasteiger partial charge on any atom is 0.119 e. The second-order valence-electron chi connectivity index (χ2n) is 4.21. The van der Waals surface area contributed by atoms with Gasteiger partial charge in [-0.3, -0.25) is 0 Å². The van der Waals surface area contributed by atoms with Crippen molar-refractivity contribution >= 4 is 0 Å². The molecule has 0 heterocycles. The second kappa shape index (κ2) is 3.62. The molecule has 0 fully saturated rings. The highest BCUT2D eigenvalue weighted by Gasteiger charge is 2.19. The molecule has 0 amide bonds. The SMILES string of the molecule is CCc1cc(C(C)(C)O)c(C)cc1O. The van der Waals surface area contributed by atoms with Crippen molar-refractivity contribution in [3.8, 4) is 5.75 Å². The van der Waals surface area contributed by atoms with E-state index in [4.69, 9.17) is 0 Å². The Bertz CT molecular complexity index is 335. The van der Waals surface area contributed by atoms with Gasteiger partial charge >= 0.3 is 0 Å². The summed E-state index contributed by atoms with van der Waals surface area (Å²) in [5.74, 6) is 0.318. The molecule has 0 unspecified atom stereocenters. The minimum absolute atomic E-state index is 0.318. The normalized spacial score (nSPS) is 11.8. The highest BCUT2D eigenvalue weighted by molar-refractivity contribution is 5.43. The number of phenolic OH excluding ortho intramolecular Hbond substituents is 1. The van der Waals surface area contributed by atoms with Crippen LogP contribution in [-0.2, 0) is 12.0 Å². The molecule has 0 saturated heterocycles. The van der Waals surface area contributed by atoms with Gasteiger partial charge in [-0.25, -0.2) is 0 Å². The van der Waals surface area contributed by atoms with Gasteiger partial charge in [0, 0.05) is 0 Å². The van der Waals surface area contributed by atoms with Crippen molar-refractivity contribution in [3.05, 3.63) is 28.8 Å². The molecule has 1 aromatic rings. The van der Waals surface area contributed by atoms with Crippen molar-refractivity contribution in [2.45, 2.75) is 39.7 Å². The fourth-order valence-electron chi connectivity index (χ4n) is 1.68. The quantitative estimate of drug-likeness (QED) is 0.759. The molecule has 0 spiro atoms. The predicted molar refractivity (Wildman–Crippen MR) is 57.5 cm³/mol. The lowest BCUT2D eigenvalue weighted by atomic mass is 9.91. The van der Waals surface area contributed by atoms with E-state index in [1.807, 2.05) is 19.9 Å².